The second-order valence-corrected chi connectivity index (χ2v) is 10.5. The molecule has 5 rings (SSSR count). The Hall–Kier alpha value is -3.46. The molecule has 0 atom stereocenters. The van der Waals surface area contributed by atoms with Crippen molar-refractivity contribution < 1.29 is 14.0 Å². The summed E-state index contributed by atoms with van der Waals surface area (Å²) in [4.78, 5) is 28.3. The lowest BCUT2D eigenvalue weighted by Crippen LogP contribution is -2.48. The Kier molecular flexibility index (Phi) is 7.65. The van der Waals surface area contributed by atoms with Crippen LogP contribution in [0.4, 0.5) is 10.1 Å². The van der Waals surface area contributed by atoms with E-state index in [4.69, 9.17) is 5.10 Å². The number of unbranched alkanes of at least 4 members (excludes halogenated alkanes) is 2. The van der Waals surface area contributed by atoms with E-state index in [1.165, 1.54) is 17.8 Å². The van der Waals surface area contributed by atoms with Crippen molar-refractivity contribution in [3.63, 3.8) is 0 Å². The molecule has 3 heterocycles. The molecule has 0 fully saturated rings. The van der Waals surface area contributed by atoms with E-state index in [1.54, 1.807) is 18.1 Å². The van der Waals surface area contributed by atoms with Crippen molar-refractivity contribution in [3.05, 3.63) is 58.5 Å². The molecule has 0 aliphatic carbocycles. The fourth-order valence-corrected chi connectivity index (χ4v) is 5.55. The number of hydrazine groups is 1. The first-order chi connectivity index (χ1) is 18.3. The third kappa shape index (κ3) is 5.38. The first-order valence-corrected chi connectivity index (χ1v) is 13.6. The van der Waals surface area contributed by atoms with Gasteiger partial charge in [0.2, 0.25) is 5.91 Å². The van der Waals surface area contributed by atoms with Crippen molar-refractivity contribution in [1.82, 2.24) is 25.1 Å². The lowest BCUT2D eigenvalue weighted by molar-refractivity contribution is -0.145. The summed E-state index contributed by atoms with van der Waals surface area (Å²) in [6, 6.07) is 8.92. The molecule has 3 aromatic rings. The summed E-state index contributed by atoms with van der Waals surface area (Å²) in [6.45, 7) is 6.85. The summed E-state index contributed by atoms with van der Waals surface area (Å²) < 4.78 is 15.8. The number of carbonyl (C=O) groups is 2. The van der Waals surface area contributed by atoms with Crippen LogP contribution < -0.4 is 10.2 Å². The van der Waals surface area contributed by atoms with Crippen LogP contribution in [0.2, 0.25) is 0 Å². The zero-order chi connectivity index (χ0) is 26.8. The van der Waals surface area contributed by atoms with Gasteiger partial charge < -0.3 is 10.2 Å². The van der Waals surface area contributed by atoms with Crippen LogP contribution in [-0.2, 0) is 35.6 Å². The summed E-state index contributed by atoms with van der Waals surface area (Å²) in [5.74, 6) is -0.511. The minimum Gasteiger partial charge on any atom is -0.355 e. The molecule has 38 heavy (non-hydrogen) atoms. The second-order valence-electron chi connectivity index (χ2n) is 10.5. The summed E-state index contributed by atoms with van der Waals surface area (Å²) in [6.07, 6.45) is 5.22. The molecule has 202 valence electrons. The van der Waals surface area contributed by atoms with Crippen molar-refractivity contribution in [2.75, 3.05) is 31.6 Å². The number of halogens is 1. The van der Waals surface area contributed by atoms with Crippen LogP contribution in [-0.4, -0.2) is 58.3 Å². The van der Waals surface area contributed by atoms with Gasteiger partial charge in [-0.1, -0.05) is 25.8 Å². The average molecular weight is 521 g/mol. The molecule has 2 aromatic carbocycles. The van der Waals surface area contributed by atoms with Gasteiger partial charge in [-0.3, -0.25) is 19.3 Å². The number of carbonyl (C=O) groups excluding carboxylic acids is 2. The number of likely N-dealkylation sites (N-methyl/N-ethyl adjacent to an activating group) is 1. The van der Waals surface area contributed by atoms with Gasteiger partial charge in [0.25, 0.3) is 5.91 Å². The van der Waals surface area contributed by atoms with Crippen LogP contribution in [0, 0.1) is 12.7 Å². The number of fused-ring (bicyclic) bond motifs is 4. The summed E-state index contributed by atoms with van der Waals surface area (Å²) in [5, 5.41) is 12.5. The SMILES string of the molecule is CCCCCNC(=O)CN(CC(=O)N(C)N1Cc2ccc(F)cc2C1)c1cc2nn3c(c2cc1C)CCC3. The average Bonchev–Trinajstić information content (AvgIpc) is 3.60. The van der Waals surface area contributed by atoms with E-state index in [-0.39, 0.29) is 30.7 Å². The van der Waals surface area contributed by atoms with Gasteiger partial charge >= 0.3 is 0 Å². The molecule has 0 radical (unpaired) electrons. The van der Waals surface area contributed by atoms with Crippen LogP contribution >= 0.6 is 0 Å². The standard InChI is InChI=1S/C29H37FN6O2/c1-4-5-6-11-31-28(37)18-34(27-15-25-24(13-20(27)2)26-8-7-12-36(26)32-25)19-29(38)33(3)35-16-21-9-10-23(30)14-22(21)17-35/h9-10,13-15H,4-8,11-12,16-19H2,1-3H3,(H,31,37). The number of nitrogens with zero attached hydrogens (tertiary/aromatic N) is 5. The Morgan fingerprint density at radius 1 is 1.11 bits per heavy atom. The number of rotatable bonds is 10. The van der Waals surface area contributed by atoms with Crippen molar-refractivity contribution in [2.45, 2.75) is 65.6 Å². The zero-order valence-electron chi connectivity index (χ0n) is 22.6. The van der Waals surface area contributed by atoms with Crippen molar-refractivity contribution in [2.24, 2.45) is 0 Å². The molecule has 8 nitrogen and oxygen atoms in total. The maximum Gasteiger partial charge on any atom is 0.256 e. The van der Waals surface area contributed by atoms with Gasteiger partial charge in [-0.15, -0.1) is 0 Å². The fourth-order valence-electron chi connectivity index (χ4n) is 5.55. The molecule has 0 unspecified atom stereocenters. The van der Waals surface area contributed by atoms with Gasteiger partial charge in [-0.25, -0.2) is 9.40 Å². The van der Waals surface area contributed by atoms with Gasteiger partial charge in [0.1, 0.15) is 5.82 Å². The summed E-state index contributed by atoms with van der Waals surface area (Å²) in [7, 11) is 1.74. The number of aromatic nitrogens is 2. The molecule has 2 aliphatic rings. The predicted molar refractivity (Wildman–Crippen MR) is 146 cm³/mol. The molecule has 1 N–H and O–H groups in total. The number of benzene rings is 2. The van der Waals surface area contributed by atoms with Crippen LogP contribution in [0.25, 0.3) is 10.9 Å². The number of nitrogens with one attached hydrogen (secondary N) is 1. The predicted octanol–water partition coefficient (Wildman–Crippen LogP) is 3.93. The Labute approximate surface area is 223 Å². The molecule has 0 saturated heterocycles. The zero-order valence-corrected chi connectivity index (χ0v) is 22.6. The molecule has 0 saturated carbocycles. The smallest absolute Gasteiger partial charge is 0.256 e. The number of amides is 2. The van der Waals surface area contributed by atoms with E-state index in [2.05, 4.69) is 23.0 Å². The van der Waals surface area contributed by atoms with Gasteiger partial charge in [0.05, 0.1) is 18.6 Å². The molecule has 1 aromatic heterocycles. The van der Waals surface area contributed by atoms with E-state index in [0.717, 1.165) is 71.9 Å². The van der Waals surface area contributed by atoms with Gasteiger partial charge in [-0.05, 0) is 67.1 Å². The number of anilines is 1. The molecule has 0 bridgehead atoms. The highest BCUT2D eigenvalue weighted by Crippen LogP contribution is 2.31. The van der Waals surface area contributed by atoms with Gasteiger partial charge in [-0.2, -0.15) is 5.10 Å². The molecular formula is C29H37FN6O2. The molecule has 2 aliphatic heterocycles. The lowest BCUT2D eigenvalue weighted by atomic mass is 10.1. The normalized spacial score (nSPS) is 14.5. The fraction of sp³-hybridized carbons (Fsp3) is 0.483. The first kappa shape index (κ1) is 26.2. The topological polar surface area (TPSA) is 73.7 Å². The molecular weight excluding hydrogens is 483 g/mol. The van der Waals surface area contributed by atoms with Crippen molar-refractivity contribution in [1.29, 1.82) is 0 Å². The van der Waals surface area contributed by atoms with Gasteiger partial charge in [0.15, 0.2) is 0 Å². The van der Waals surface area contributed by atoms with Crippen LogP contribution in [0.3, 0.4) is 0 Å². The quantitative estimate of drug-likeness (QED) is 0.410. The lowest BCUT2D eigenvalue weighted by Gasteiger charge is -2.32. The van der Waals surface area contributed by atoms with Crippen LogP contribution in [0.1, 0.15) is 55.0 Å². The molecule has 0 spiro atoms. The second kappa shape index (κ2) is 11.1. The third-order valence-corrected chi connectivity index (χ3v) is 7.71. The monoisotopic (exact) mass is 520 g/mol. The highest BCUT2D eigenvalue weighted by Gasteiger charge is 2.28. The van der Waals surface area contributed by atoms with Crippen LogP contribution in [0.5, 0.6) is 0 Å². The highest BCUT2D eigenvalue weighted by molar-refractivity contribution is 5.91. The molecule has 9 heteroatoms. The maximum atomic E-state index is 13.7. The van der Waals surface area contributed by atoms with Gasteiger partial charge in [0, 0.05) is 50.0 Å². The number of hydrogen-bond acceptors (Lipinski definition) is 5. The van der Waals surface area contributed by atoms with E-state index in [9.17, 15) is 14.0 Å². The minimum atomic E-state index is -0.271. The van der Waals surface area contributed by atoms with E-state index in [1.807, 2.05) is 22.9 Å². The Morgan fingerprint density at radius 3 is 2.74 bits per heavy atom. The Bertz CT molecular complexity index is 1350. The van der Waals surface area contributed by atoms with E-state index in [0.29, 0.717) is 19.6 Å². The van der Waals surface area contributed by atoms with E-state index >= 15 is 0 Å². The van der Waals surface area contributed by atoms with Crippen LogP contribution in [0.15, 0.2) is 30.3 Å². The van der Waals surface area contributed by atoms with E-state index < -0.39 is 0 Å². The summed E-state index contributed by atoms with van der Waals surface area (Å²) in [5.41, 5.74) is 5.91. The number of aryl methyl sites for hydroxylation is 3. The summed E-state index contributed by atoms with van der Waals surface area (Å²) >= 11 is 0. The largest absolute Gasteiger partial charge is 0.355 e. The Morgan fingerprint density at radius 2 is 1.92 bits per heavy atom. The van der Waals surface area contributed by atoms with Crippen molar-refractivity contribution >= 4 is 28.4 Å². The highest BCUT2D eigenvalue weighted by atomic mass is 19.1. The third-order valence-electron chi connectivity index (χ3n) is 7.71. The maximum absolute atomic E-state index is 13.7. The minimum absolute atomic E-state index is 0.0417. The first-order valence-electron chi connectivity index (χ1n) is 13.6. The Balaban J connectivity index is 1.35. The number of hydrogen-bond donors (Lipinski definition) is 1. The van der Waals surface area contributed by atoms with Crippen molar-refractivity contribution in [3.8, 4) is 0 Å². The molecule has 2 amide bonds.